The number of anilines is 1. The van der Waals surface area contributed by atoms with E-state index in [0.29, 0.717) is 22.4 Å². The maximum atomic E-state index is 11.9. The van der Waals surface area contributed by atoms with Crippen molar-refractivity contribution >= 4 is 29.2 Å². The number of hydrogen-bond acceptors (Lipinski definition) is 4. The molecule has 0 unspecified atom stereocenters. The molecule has 2 aromatic carbocycles. The van der Waals surface area contributed by atoms with Gasteiger partial charge in [-0.05, 0) is 54.7 Å². The van der Waals surface area contributed by atoms with Gasteiger partial charge in [0.2, 0.25) is 0 Å². The van der Waals surface area contributed by atoms with Crippen LogP contribution >= 0.6 is 11.6 Å². The van der Waals surface area contributed by atoms with Gasteiger partial charge >= 0.3 is 5.97 Å². The third-order valence-corrected chi connectivity index (χ3v) is 4.48. The lowest BCUT2D eigenvalue weighted by atomic mass is 9.99. The number of rotatable bonds is 8. The molecular formula is C21H24ClNO4. The minimum atomic E-state index is -0.644. The summed E-state index contributed by atoms with van der Waals surface area (Å²) in [5.41, 5.74) is 2.83. The second-order valence-corrected chi connectivity index (χ2v) is 6.77. The summed E-state index contributed by atoms with van der Waals surface area (Å²) in [7, 11) is 0. The Morgan fingerprint density at radius 3 is 2.48 bits per heavy atom. The number of esters is 1. The molecule has 0 fully saturated rings. The van der Waals surface area contributed by atoms with Gasteiger partial charge in [0, 0.05) is 5.69 Å². The molecule has 144 valence electrons. The van der Waals surface area contributed by atoms with E-state index < -0.39 is 11.9 Å². The standard InChI is InChI=1S/C21H24ClNO4/c1-4-15(3)16-6-8-17(9-7-16)23-20(24)12-27-21(25)13-26-19-11-14(2)5-10-18(19)22/h5-11,15H,4,12-13H2,1-3H3,(H,23,24)/t15-/m1/s1. The van der Waals surface area contributed by atoms with Crippen LogP contribution in [0.25, 0.3) is 0 Å². The van der Waals surface area contributed by atoms with Crippen molar-refractivity contribution in [2.45, 2.75) is 33.1 Å². The van der Waals surface area contributed by atoms with Gasteiger partial charge in [0.1, 0.15) is 5.75 Å². The van der Waals surface area contributed by atoms with Crippen molar-refractivity contribution in [3.63, 3.8) is 0 Å². The first kappa shape index (κ1) is 20.8. The molecule has 0 aromatic heterocycles. The van der Waals surface area contributed by atoms with Crippen molar-refractivity contribution < 1.29 is 19.1 Å². The summed E-state index contributed by atoms with van der Waals surface area (Å²) in [5, 5.41) is 3.10. The molecule has 2 rings (SSSR count). The van der Waals surface area contributed by atoms with E-state index in [9.17, 15) is 9.59 Å². The molecule has 0 spiro atoms. The van der Waals surface area contributed by atoms with Gasteiger partial charge in [-0.2, -0.15) is 0 Å². The summed E-state index contributed by atoms with van der Waals surface area (Å²) in [6, 6.07) is 12.9. The van der Waals surface area contributed by atoms with Crippen LogP contribution in [0, 0.1) is 6.92 Å². The Morgan fingerprint density at radius 1 is 1.11 bits per heavy atom. The number of hydrogen-bond donors (Lipinski definition) is 1. The van der Waals surface area contributed by atoms with Crippen LogP contribution in [-0.2, 0) is 14.3 Å². The third-order valence-electron chi connectivity index (χ3n) is 4.17. The Balaban J connectivity index is 1.76. The molecule has 0 aliphatic rings. The molecule has 6 heteroatoms. The predicted molar refractivity (Wildman–Crippen MR) is 106 cm³/mol. The molecule has 0 radical (unpaired) electrons. The minimum absolute atomic E-state index is 0.319. The van der Waals surface area contributed by atoms with Crippen LogP contribution in [0.2, 0.25) is 5.02 Å². The highest BCUT2D eigenvalue weighted by Crippen LogP contribution is 2.25. The van der Waals surface area contributed by atoms with Crippen molar-refractivity contribution in [2.75, 3.05) is 18.5 Å². The zero-order valence-electron chi connectivity index (χ0n) is 15.8. The van der Waals surface area contributed by atoms with Gasteiger partial charge in [-0.25, -0.2) is 4.79 Å². The normalized spacial score (nSPS) is 11.6. The van der Waals surface area contributed by atoms with Crippen molar-refractivity contribution in [2.24, 2.45) is 0 Å². The summed E-state index contributed by atoms with van der Waals surface area (Å²) in [5.74, 6) is -0.180. The lowest BCUT2D eigenvalue weighted by Crippen LogP contribution is -2.23. The lowest BCUT2D eigenvalue weighted by Gasteiger charge is -2.11. The first-order valence-corrected chi connectivity index (χ1v) is 9.21. The van der Waals surface area contributed by atoms with Crippen LogP contribution in [0.3, 0.4) is 0 Å². The van der Waals surface area contributed by atoms with Gasteiger partial charge < -0.3 is 14.8 Å². The van der Waals surface area contributed by atoms with Crippen LogP contribution in [0.5, 0.6) is 5.75 Å². The van der Waals surface area contributed by atoms with E-state index in [1.54, 1.807) is 12.1 Å². The molecule has 0 bridgehead atoms. The zero-order valence-corrected chi connectivity index (χ0v) is 16.5. The molecule has 27 heavy (non-hydrogen) atoms. The van der Waals surface area contributed by atoms with Gasteiger partial charge in [0.15, 0.2) is 13.2 Å². The molecule has 0 aliphatic heterocycles. The predicted octanol–water partition coefficient (Wildman–Crippen LogP) is 4.72. The van der Waals surface area contributed by atoms with Crippen LogP contribution < -0.4 is 10.1 Å². The van der Waals surface area contributed by atoms with E-state index in [1.807, 2.05) is 37.3 Å². The Hall–Kier alpha value is -2.53. The largest absolute Gasteiger partial charge is 0.480 e. The Labute approximate surface area is 164 Å². The molecule has 0 heterocycles. The second-order valence-electron chi connectivity index (χ2n) is 6.36. The van der Waals surface area contributed by atoms with Gasteiger partial charge in [-0.1, -0.05) is 43.6 Å². The van der Waals surface area contributed by atoms with E-state index in [1.165, 1.54) is 5.56 Å². The molecule has 1 N–H and O–H groups in total. The SMILES string of the molecule is CC[C@@H](C)c1ccc(NC(=O)COC(=O)COc2cc(C)ccc2Cl)cc1. The molecule has 0 aliphatic carbocycles. The van der Waals surface area contributed by atoms with Crippen LogP contribution in [0.15, 0.2) is 42.5 Å². The monoisotopic (exact) mass is 389 g/mol. The smallest absolute Gasteiger partial charge is 0.344 e. The van der Waals surface area contributed by atoms with Crippen LogP contribution in [0.4, 0.5) is 5.69 Å². The van der Waals surface area contributed by atoms with Crippen LogP contribution in [0.1, 0.15) is 37.3 Å². The van der Waals surface area contributed by atoms with E-state index >= 15 is 0 Å². The number of carbonyl (C=O) groups excluding carboxylic acids is 2. The maximum absolute atomic E-state index is 11.9. The Kier molecular flexibility index (Phi) is 7.67. The zero-order chi connectivity index (χ0) is 19.8. The average molecular weight is 390 g/mol. The topological polar surface area (TPSA) is 64.6 Å². The highest BCUT2D eigenvalue weighted by Gasteiger charge is 2.11. The highest BCUT2D eigenvalue weighted by molar-refractivity contribution is 6.32. The highest BCUT2D eigenvalue weighted by atomic mass is 35.5. The van der Waals surface area contributed by atoms with E-state index in [-0.39, 0.29) is 13.2 Å². The first-order chi connectivity index (χ1) is 12.9. The number of aryl methyl sites for hydroxylation is 1. The molecule has 0 saturated carbocycles. The molecule has 2 aromatic rings. The minimum Gasteiger partial charge on any atom is -0.480 e. The number of carbonyl (C=O) groups is 2. The fraction of sp³-hybridized carbons (Fsp3) is 0.333. The van der Waals surface area contributed by atoms with E-state index in [4.69, 9.17) is 21.1 Å². The first-order valence-electron chi connectivity index (χ1n) is 8.83. The number of halogens is 1. The number of benzene rings is 2. The van der Waals surface area contributed by atoms with Crippen molar-refractivity contribution in [1.29, 1.82) is 0 Å². The quantitative estimate of drug-likeness (QED) is 0.663. The molecule has 1 atom stereocenters. The fourth-order valence-electron chi connectivity index (χ4n) is 2.37. The Bertz CT molecular complexity index is 789. The van der Waals surface area contributed by atoms with Crippen molar-refractivity contribution in [3.05, 3.63) is 58.6 Å². The summed E-state index contributed by atoms with van der Waals surface area (Å²) >= 11 is 6.00. The van der Waals surface area contributed by atoms with Gasteiger partial charge in [0.05, 0.1) is 5.02 Å². The molecule has 0 saturated heterocycles. The number of ether oxygens (including phenoxy) is 2. The van der Waals surface area contributed by atoms with Gasteiger partial charge in [0.25, 0.3) is 5.91 Å². The van der Waals surface area contributed by atoms with Gasteiger partial charge in [-0.3, -0.25) is 4.79 Å². The summed E-state index contributed by atoms with van der Waals surface area (Å²) < 4.78 is 10.3. The number of amides is 1. The maximum Gasteiger partial charge on any atom is 0.344 e. The lowest BCUT2D eigenvalue weighted by molar-refractivity contribution is -0.149. The molecular weight excluding hydrogens is 366 g/mol. The second kappa shape index (κ2) is 9.97. The van der Waals surface area contributed by atoms with Crippen molar-refractivity contribution in [1.82, 2.24) is 0 Å². The van der Waals surface area contributed by atoms with Gasteiger partial charge in [-0.15, -0.1) is 0 Å². The Morgan fingerprint density at radius 2 is 1.81 bits per heavy atom. The third kappa shape index (κ3) is 6.61. The summed E-state index contributed by atoms with van der Waals surface area (Å²) in [4.78, 5) is 23.7. The summed E-state index contributed by atoms with van der Waals surface area (Å²) in [6.07, 6.45) is 1.05. The van der Waals surface area contributed by atoms with Crippen molar-refractivity contribution in [3.8, 4) is 5.75 Å². The molecule has 5 nitrogen and oxygen atoms in total. The van der Waals surface area contributed by atoms with E-state index in [0.717, 1.165) is 12.0 Å². The average Bonchev–Trinajstić information content (AvgIpc) is 2.67. The van der Waals surface area contributed by atoms with Crippen LogP contribution in [-0.4, -0.2) is 25.1 Å². The fourth-order valence-corrected chi connectivity index (χ4v) is 2.55. The van der Waals surface area contributed by atoms with E-state index in [2.05, 4.69) is 19.2 Å². The molecule has 1 amide bonds. The summed E-state index contributed by atoms with van der Waals surface area (Å²) in [6.45, 7) is 5.47. The number of nitrogens with one attached hydrogen (secondary N) is 1.